The highest BCUT2D eigenvalue weighted by Crippen LogP contribution is 2.21. The molecule has 118 valence electrons. The molecule has 0 aliphatic carbocycles. The summed E-state index contributed by atoms with van der Waals surface area (Å²) in [4.78, 5) is 12.8. The summed E-state index contributed by atoms with van der Waals surface area (Å²) in [6, 6.07) is 0.493. The molecule has 1 aliphatic rings. The van der Waals surface area contributed by atoms with Gasteiger partial charge in [0.05, 0.1) is 12.2 Å². The highest BCUT2D eigenvalue weighted by Gasteiger charge is 2.28. The average molecular weight is 306 g/mol. The smallest absolute Gasteiger partial charge is 0.304 e. The first-order valence-corrected chi connectivity index (χ1v) is 8.73. The quantitative estimate of drug-likeness (QED) is 0.754. The van der Waals surface area contributed by atoms with E-state index in [4.69, 9.17) is 5.11 Å². The van der Waals surface area contributed by atoms with Crippen molar-refractivity contribution < 1.29 is 18.3 Å². The first kappa shape index (κ1) is 17.4. The number of carboxylic acids is 1. The minimum atomic E-state index is -3.41. The molecule has 0 unspecified atom stereocenters. The molecular weight excluding hydrogens is 280 g/mol. The standard InChI is InChI=1S/C13H26N2O4S/c1-11(2)14(3)10-12-4-7-15(8-5-12)20(18,19)9-6-13(16)17/h11-12H,4-10H2,1-3H3,(H,16,17). The van der Waals surface area contributed by atoms with Crippen molar-refractivity contribution in [2.45, 2.75) is 39.2 Å². The van der Waals surface area contributed by atoms with Gasteiger partial charge in [0.2, 0.25) is 10.0 Å². The molecule has 0 amide bonds. The minimum absolute atomic E-state index is 0.293. The molecule has 0 saturated carbocycles. The second-order valence-corrected chi connectivity index (χ2v) is 7.92. The maximum absolute atomic E-state index is 12.0. The predicted octanol–water partition coefficient (Wildman–Crippen LogP) is 0.843. The van der Waals surface area contributed by atoms with E-state index < -0.39 is 16.0 Å². The zero-order chi connectivity index (χ0) is 15.3. The van der Waals surface area contributed by atoms with Crippen LogP contribution >= 0.6 is 0 Å². The highest BCUT2D eigenvalue weighted by atomic mass is 32.2. The summed E-state index contributed by atoms with van der Waals surface area (Å²) in [5, 5.41) is 8.58. The average Bonchev–Trinajstić information content (AvgIpc) is 2.37. The van der Waals surface area contributed by atoms with Crippen molar-refractivity contribution in [3.8, 4) is 0 Å². The normalized spacial score (nSPS) is 18.9. The highest BCUT2D eigenvalue weighted by molar-refractivity contribution is 7.89. The van der Waals surface area contributed by atoms with E-state index in [1.807, 2.05) is 0 Å². The number of nitrogens with zero attached hydrogens (tertiary/aromatic N) is 2. The van der Waals surface area contributed by atoms with Crippen molar-refractivity contribution in [1.29, 1.82) is 0 Å². The van der Waals surface area contributed by atoms with Crippen LogP contribution in [0.1, 0.15) is 33.1 Å². The largest absolute Gasteiger partial charge is 0.481 e. The molecule has 0 aromatic carbocycles. The fourth-order valence-electron chi connectivity index (χ4n) is 2.33. The van der Waals surface area contributed by atoms with E-state index in [9.17, 15) is 13.2 Å². The monoisotopic (exact) mass is 306 g/mol. The third-order valence-electron chi connectivity index (χ3n) is 3.97. The van der Waals surface area contributed by atoms with Gasteiger partial charge in [0, 0.05) is 25.7 Å². The van der Waals surface area contributed by atoms with Gasteiger partial charge in [0.1, 0.15) is 0 Å². The predicted molar refractivity (Wildman–Crippen MR) is 78.1 cm³/mol. The number of carbonyl (C=O) groups is 1. The minimum Gasteiger partial charge on any atom is -0.481 e. The summed E-state index contributed by atoms with van der Waals surface area (Å²) in [5.41, 5.74) is 0. The second-order valence-electron chi connectivity index (χ2n) is 5.84. The van der Waals surface area contributed by atoms with Gasteiger partial charge in [-0.3, -0.25) is 4.79 Å². The number of sulfonamides is 1. The number of hydrogen-bond donors (Lipinski definition) is 1. The second kappa shape index (κ2) is 7.38. The molecule has 0 spiro atoms. The molecule has 1 rings (SSSR count). The van der Waals surface area contributed by atoms with Crippen molar-refractivity contribution in [3.63, 3.8) is 0 Å². The fraction of sp³-hybridized carbons (Fsp3) is 0.923. The molecule has 6 nitrogen and oxygen atoms in total. The Morgan fingerprint density at radius 2 is 1.90 bits per heavy atom. The van der Waals surface area contributed by atoms with Crippen LogP contribution in [-0.4, -0.2) is 67.2 Å². The molecule has 0 aromatic rings. The van der Waals surface area contributed by atoms with Crippen LogP contribution in [0, 0.1) is 5.92 Å². The van der Waals surface area contributed by atoms with Crippen molar-refractivity contribution >= 4 is 16.0 Å². The Hall–Kier alpha value is -0.660. The van der Waals surface area contributed by atoms with Crippen molar-refractivity contribution in [2.24, 2.45) is 5.92 Å². The van der Waals surface area contributed by atoms with Gasteiger partial charge in [-0.2, -0.15) is 0 Å². The van der Waals surface area contributed by atoms with E-state index in [1.165, 1.54) is 4.31 Å². The van der Waals surface area contributed by atoms with Crippen LogP contribution in [0.2, 0.25) is 0 Å². The van der Waals surface area contributed by atoms with E-state index in [-0.39, 0.29) is 12.2 Å². The third-order valence-corrected chi connectivity index (χ3v) is 5.84. The molecule has 7 heteroatoms. The van der Waals surface area contributed by atoms with Crippen LogP contribution in [0.4, 0.5) is 0 Å². The van der Waals surface area contributed by atoms with Crippen LogP contribution < -0.4 is 0 Å². The lowest BCUT2D eigenvalue weighted by Crippen LogP contribution is -2.43. The molecule has 1 fully saturated rings. The van der Waals surface area contributed by atoms with Gasteiger partial charge in [0.25, 0.3) is 0 Å². The van der Waals surface area contributed by atoms with Gasteiger partial charge >= 0.3 is 5.97 Å². The van der Waals surface area contributed by atoms with E-state index in [0.29, 0.717) is 25.0 Å². The Bertz CT molecular complexity index is 414. The van der Waals surface area contributed by atoms with E-state index in [1.54, 1.807) is 0 Å². The van der Waals surface area contributed by atoms with Gasteiger partial charge < -0.3 is 10.0 Å². The third kappa shape index (κ3) is 5.38. The van der Waals surface area contributed by atoms with E-state index >= 15 is 0 Å². The molecule has 0 radical (unpaired) electrons. The van der Waals surface area contributed by atoms with Crippen LogP contribution in [0.5, 0.6) is 0 Å². The van der Waals surface area contributed by atoms with Gasteiger partial charge in [-0.05, 0) is 39.7 Å². The number of hydrogen-bond acceptors (Lipinski definition) is 4. The van der Waals surface area contributed by atoms with Crippen molar-refractivity contribution in [1.82, 2.24) is 9.21 Å². The Morgan fingerprint density at radius 3 is 2.35 bits per heavy atom. The first-order chi connectivity index (χ1) is 9.22. The Labute approximate surface area is 121 Å². The number of rotatable bonds is 7. The number of carboxylic acid groups (broad SMARTS) is 1. The van der Waals surface area contributed by atoms with Crippen LogP contribution in [0.15, 0.2) is 0 Å². The van der Waals surface area contributed by atoms with Crippen molar-refractivity contribution in [2.75, 3.05) is 32.4 Å². The summed E-state index contributed by atoms with van der Waals surface area (Å²) < 4.78 is 25.4. The van der Waals surface area contributed by atoms with Gasteiger partial charge in [0.15, 0.2) is 0 Å². The summed E-state index contributed by atoms with van der Waals surface area (Å²) >= 11 is 0. The molecule has 1 aliphatic heterocycles. The topological polar surface area (TPSA) is 77.9 Å². The molecule has 20 heavy (non-hydrogen) atoms. The number of piperidine rings is 1. The maximum Gasteiger partial charge on any atom is 0.304 e. The van der Waals surface area contributed by atoms with E-state index in [0.717, 1.165) is 19.4 Å². The lowest BCUT2D eigenvalue weighted by molar-refractivity contribution is -0.136. The lowest BCUT2D eigenvalue weighted by atomic mass is 9.97. The Balaban J connectivity index is 2.43. The van der Waals surface area contributed by atoms with Gasteiger partial charge in [-0.15, -0.1) is 0 Å². The Kier molecular flexibility index (Phi) is 6.42. The molecule has 1 N–H and O–H groups in total. The van der Waals surface area contributed by atoms with Crippen LogP contribution in [0.25, 0.3) is 0 Å². The van der Waals surface area contributed by atoms with Crippen LogP contribution in [0.3, 0.4) is 0 Å². The van der Waals surface area contributed by atoms with Gasteiger partial charge in [-0.25, -0.2) is 12.7 Å². The lowest BCUT2D eigenvalue weighted by Gasteiger charge is -2.34. The summed E-state index contributed by atoms with van der Waals surface area (Å²) in [7, 11) is -1.32. The zero-order valence-electron chi connectivity index (χ0n) is 12.6. The molecule has 1 saturated heterocycles. The van der Waals surface area contributed by atoms with Gasteiger partial charge in [-0.1, -0.05) is 0 Å². The van der Waals surface area contributed by atoms with Crippen LogP contribution in [-0.2, 0) is 14.8 Å². The SMILES string of the molecule is CC(C)N(C)CC1CCN(S(=O)(=O)CCC(=O)O)CC1. The molecule has 0 bridgehead atoms. The molecule has 0 aromatic heterocycles. The zero-order valence-corrected chi connectivity index (χ0v) is 13.4. The fourth-order valence-corrected chi connectivity index (χ4v) is 3.79. The molecule has 0 atom stereocenters. The van der Waals surface area contributed by atoms with Crippen molar-refractivity contribution in [3.05, 3.63) is 0 Å². The number of aliphatic carboxylic acids is 1. The van der Waals surface area contributed by atoms with E-state index in [2.05, 4.69) is 25.8 Å². The maximum atomic E-state index is 12.0. The molecule has 1 heterocycles. The summed E-state index contributed by atoms with van der Waals surface area (Å²) in [5.74, 6) is -0.839. The first-order valence-electron chi connectivity index (χ1n) is 7.12. The summed E-state index contributed by atoms with van der Waals surface area (Å²) in [6.45, 7) is 6.30. The Morgan fingerprint density at radius 1 is 1.35 bits per heavy atom. The molecular formula is C13H26N2O4S. The summed E-state index contributed by atoms with van der Waals surface area (Å²) in [6.07, 6.45) is 1.38.